The Labute approximate surface area is 170 Å². The van der Waals surface area contributed by atoms with E-state index in [1.165, 1.54) is 31.0 Å². The lowest BCUT2D eigenvalue weighted by Crippen LogP contribution is -2.26. The Balaban J connectivity index is 1.75. The van der Waals surface area contributed by atoms with Crippen molar-refractivity contribution in [3.05, 3.63) is 17.7 Å². The molecule has 1 fully saturated rings. The maximum Gasteiger partial charge on any atom is 0.236 e. The highest BCUT2D eigenvalue weighted by Crippen LogP contribution is 2.35. The third-order valence-corrected chi connectivity index (χ3v) is 6.11. The van der Waals surface area contributed by atoms with Gasteiger partial charge in [0.05, 0.1) is 11.8 Å². The molecule has 28 heavy (non-hydrogen) atoms. The Morgan fingerprint density at radius 1 is 1.36 bits per heavy atom. The third-order valence-electron chi connectivity index (χ3n) is 5.17. The minimum absolute atomic E-state index is 0.127. The molecule has 0 saturated heterocycles. The number of nitrogens with zero attached hydrogens (tertiary/aromatic N) is 5. The van der Waals surface area contributed by atoms with Crippen LogP contribution < -0.4 is 5.32 Å². The number of anilines is 1. The second kappa shape index (κ2) is 9.56. The maximum atomic E-state index is 12.3. The SMILES string of the molecule is CC[C@@H](c1nnc(SCC(=O)Nc2cc(C)on2)n1C1CCCCC1)N(C)C. The predicted octanol–water partition coefficient (Wildman–Crippen LogP) is 3.82. The van der Waals surface area contributed by atoms with Crippen molar-refractivity contribution >= 4 is 23.5 Å². The summed E-state index contributed by atoms with van der Waals surface area (Å²) < 4.78 is 7.29. The molecule has 8 nitrogen and oxygen atoms in total. The molecule has 2 heterocycles. The number of aromatic nitrogens is 4. The van der Waals surface area contributed by atoms with E-state index < -0.39 is 0 Å². The quantitative estimate of drug-likeness (QED) is 0.667. The van der Waals surface area contributed by atoms with E-state index in [1.54, 1.807) is 13.0 Å². The molecule has 1 aliphatic rings. The van der Waals surface area contributed by atoms with Crippen molar-refractivity contribution in [2.75, 3.05) is 25.2 Å². The number of aryl methyl sites for hydroxylation is 1. The van der Waals surface area contributed by atoms with Gasteiger partial charge in [0, 0.05) is 12.1 Å². The zero-order valence-electron chi connectivity index (χ0n) is 17.1. The van der Waals surface area contributed by atoms with E-state index in [4.69, 9.17) is 4.52 Å². The molecule has 1 atom stereocenters. The third kappa shape index (κ3) is 4.94. The van der Waals surface area contributed by atoms with Crippen LogP contribution in [-0.2, 0) is 4.79 Å². The highest BCUT2D eigenvalue weighted by atomic mass is 32.2. The molecule has 1 saturated carbocycles. The molecule has 1 N–H and O–H groups in total. The number of amides is 1. The second-order valence-electron chi connectivity index (χ2n) is 7.55. The summed E-state index contributed by atoms with van der Waals surface area (Å²) in [5.74, 6) is 2.25. The lowest BCUT2D eigenvalue weighted by Gasteiger charge is -2.29. The van der Waals surface area contributed by atoms with E-state index in [2.05, 4.69) is 51.2 Å². The Kier molecular flexibility index (Phi) is 7.12. The van der Waals surface area contributed by atoms with Crippen LogP contribution in [0.5, 0.6) is 0 Å². The number of carbonyl (C=O) groups excluding carboxylic acids is 1. The van der Waals surface area contributed by atoms with Crippen LogP contribution in [-0.4, -0.2) is 50.6 Å². The smallest absolute Gasteiger partial charge is 0.236 e. The van der Waals surface area contributed by atoms with Crippen LogP contribution in [0, 0.1) is 6.92 Å². The van der Waals surface area contributed by atoms with Crippen molar-refractivity contribution < 1.29 is 9.32 Å². The summed E-state index contributed by atoms with van der Waals surface area (Å²) in [6.07, 6.45) is 7.02. The van der Waals surface area contributed by atoms with Gasteiger partial charge in [0.25, 0.3) is 0 Å². The Morgan fingerprint density at radius 3 is 2.71 bits per heavy atom. The number of hydrogen-bond donors (Lipinski definition) is 1. The van der Waals surface area contributed by atoms with E-state index in [1.807, 2.05) is 0 Å². The molecule has 0 radical (unpaired) electrons. The first-order chi connectivity index (χ1) is 13.5. The van der Waals surface area contributed by atoms with Crippen molar-refractivity contribution in [1.29, 1.82) is 0 Å². The fraction of sp³-hybridized carbons (Fsp3) is 0.684. The van der Waals surface area contributed by atoms with Crippen molar-refractivity contribution in [2.45, 2.75) is 69.6 Å². The van der Waals surface area contributed by atoms with Gasteiger partial charge in [0.2, 0.25) is 5.91 Å². The van der Waals surface area contributed by atoms with Crippen LogP contribution in [0.15, 0.2) is 15.7 Å². The van der Waals surface area contributed by atoms with Crippen LogP contribution in [0.4, 0.5) is 5.82 Å². The molecule has 0 aliphatic heterocycles. The molecule has 0 bridgehead atoms. The molecule has 1 aliphatic carbocycles. The number of nitrogens with one attached hydrogen (secondary N) is 1. The van der Waals surface area contributed by atoms with Gasteiger partial charge < -0.3 is 14.4 Å². The fourth-order valence-electron chi connectivity index (χ4n) is 3.81. The summed E-state index contributed by atoms with van der Waals surface area (Å²) in [7, 11) is 4.16. The number of hydrogen-bond acceptors (Lipinski definition) is 7. The maximum absolute atomic E-state index is 12.3. The van der Waals surface area contributed by atoms with Gasteiger partial charge in [-0.05, 0) is 40.3 Å². The zero-order chi connectivity index (χ0) is 20.1. The van der Waals surface area contributed by atoms with Crippen LogP contribution in [0.3, 0.4) is 0 Å². The van der Waals surface area contributed by atoms with Crippen molar-refractivity contribution in [3.8, 4) is 0 Å². The fourth-order valence-corrected chi connectivity index (χ4v) is 4.62. The highest BCUT2D eigenvalue weighted by molar-refractivity contribution is 7.99. The summed E-state index contributed by atoms with van der Waals surface area (Å²) in [4.78, 5) is 14.5. The van der Waals surface area contributed by atoms with Crippen molar-refractivity contribution in [3.63, 3.8) is 0 Å². The zero-order valence-corrected chi connectivity index (χ0v) is 18.0. The minimum atomic E-state index is -0.127. The monoisotopic (exact) mass is 406 g/mol. The molecule has 3 rings (SSSR count). The van der Waals surface area contributed by atoms with E-state index >= 15 is 0 Å². The van der Waals surface area contributed by atoms with Crippen LogP contribution in [0.2, 0.25) is 0 Å². The number of rotatable bonds is 8. The van der Waals surface area contributed by atoms with Gasteiger partial charge in [-0.25, -0.2) is 0 Å². The molecule has 1 amide bonds. The van der Waals surface area contributed by atoms with E-state index in [9.17, 15) is 4.79 Å². The van der Waals surface area contributed by atoms with Crippen LogP contribution >= 0.6 is 11.8 Å². The first kappa shape index (κ1) is 20.9. The average Bonchev–Trinajstić information content (AvgIpc) is 3.27. The molecule has 0 unspecified atom stereocenters. The highest BCUT2D eigenvalue weighted by Gasteiger charge is 2.28. The second-order valence-corrected chi connectivity index (χ2v) is 8.49. The van der Waals surface area contributed by atoms with Gasteiger partial charge in [0.15, 0.2) is 16.8 Å². The largest absolute Gasteiger partial charge is 0.360 e. The predicted molar refractivity (Wildman–Crippen MR) is 109 cm³/mol. The molecular weight excluding hydrogens is 376 g/mol. The summed E-state index contributed by atoms with van der Waals surface area (Å²) in [5, 5.41) is 16.4. The number of carbonyl (C=O) groups is 1. The lowest BCUT2D eigenvalue weighted by atomic mass is 9.95. The van der Waals surface area contributed by atoms with E-state index in [0.717, 1.165) is 30.2 Å². The van der Waals surface area contributed by atoms with Crippen molar-refractivity contribution in [1.82, 2.24) is 24.8 Å². The van der Waals surface area contributed by atoms with Gasteiger partial charge in [-0.3, -0.25) is 9.69 Å². The molecule has 0 spiro atoms. The molecular formula is C19H30N6O2S. The Hall–Kier alpha value is -1.87. The van der Waals surface area contributed by atoms with Gasteiger partial charge in [-0.2, -0.15) is 0 Å². The molecule has 9 heteroatoms. The van der Waals surface area contributed by atoms with E-state index in [-0.39, 0.29) is 17.7 Å². The van der Waals surface area contributed by atoms with Gasteiger partial charge in [0.1, 0.15) is 5.76 Å². The molecule has 0 aromatic carbocycles. The van der Waals surface area contributed by atoms with Gasteiger partial charge >= 0.3 is 0 Å². The lowest BCUT2D eigenvalue weighted by molar-refractivity contribution is -0.113. The Bertz CT molecular complexity index is 781. The average molecular weight is 407 g/mol. The van der Waals surface area contributed by atoms with E-state index in [0.29, 0.717) is 17.6 Å². The normalized spacial score (nSPS) is 16.5. The minimum Gasteiger partial charge on any atom is -0.360 e. The summed E-state index contributed by atoms with van der Waals surface area (Å²) >= 11 is 1.44. The summed E-state index contributed by atoms with van der Waals surface area (Å²) in [6.45, 7) is 3.96. The standard InChI is InChI=1S/C19H30N6O2S/c1-5-15(24(3)4)18-21-22-19(25(18)14-9-7-6-8-10-14)28-12-17(26)20-16-11-13(2)27-23-16/h11,14-15H,5-10,12H2,1-4H3,(H,20,23,26)/t15-/m0/s1. The first-order valence-electron chi connectivity index (χ1n) is 9.96. The summed E-state index contributed by atoms with van der Waals surface area (Å²) in [5.41, 5.74) is 0. The molecule has 2 aromatic rings. The van der Waals surface area contributed by atoms with Gasteiger partial charge in [-0.15, -0.1) is 10.2 Å². The number of thioether (sulfide) groups is 1. The van der Waals surface area contributed by atoms with Crippen LogP contribution in [0.25, 0.3) is 0 Å². The van der Waals surface area contributed by atoms with Crippen LogP contribution in [0.1, 0.15) is 69.1 Å². The topological polar surface area (TPSA) is 89.1 Å². The first-order valence-corrected chi connectivity index (χ1v) is 10.9. The van der Waals surface area contributed by atoms with Crippen molar-refractivity contribution in [2.24, 2.45) is 0 Å². The Morgan fingerprint density at radius 2 is 2.11 bits per heavy atom. The van der Waals surface area contributed by atoms with Gasteiger partial charge in [-0.1, -0.05) is 43.1 Å². The molecule has 2 aromatic heterocycles. The molecule has 154 valence electrons. The summed E-state index contributed by atoms with van der Waals surface area (Å²) in [6, 6.07) is 2.33.